The summed E-state index contributed by atoms with van der Waals surface area (Å²) in [6.07, 6.45) is 0.726. The van der Waals surface area contributed by atoms with Gasteiger partial charge in [0.2, 0.25) is 5.91 Å². The summed E-state index contributed by atoms with van der Waals surface area (Å²) in [7, 11) is 1.75. The van der Waals surface area contributed by atoms with Crippen molar-refractivity contribution in [1.29, 1.82) is 0 Å². The van der Waals surface area contributed by atoms with Gasteiger partial charge in [0.05, 0.1) is 0 Å². The fourth-order valence-corrected chi connectivity index (χ4v) is 2.02. The predicted octanol–water partition coefficient (Wildman–Crippen LogP) is 2.12. The van der Waals surface area contributed by atoms with Gasteiger partial charge < -0.3 is 10.2 Å². The third-order valence-corrected chi connectivity index (χ3v) is 2.85. The summed E-state index contributed by atoms with van der Waals surface area (Å²) in [6.45, 7) is 0.722. The second-order valence-electron chi connectivity index (χ2n) is 3.90. The number of rotatable bonds is 2. The normalized spacial score (nSPS) is 20.3. The average molecular weight is 243 g/mol. The lowest BCUT2D eigenvalue weighted by atomic mass is 10.2. The van der Waals surface area contributed by atoms with Gasteiger partial charge in [-0.25, -0.2) is 4.39 Å². The van der Waals surface area contributed by atoms with Gasteiger partial charge in [0.25, 0.3) is 0 Å². The fourth-order valence-electron chi connectivity index (χ4n) is 1.79. The molecule has 0 aliphatic carbocycles. The van der Waals surface area contributed by atoms with Crippen LogP contribution in [-0.4, -0.2) is 30.4 Å². The average Bonchev–Trinajstić information content (AvgIpc) is 2.48. The van der Waals surface area contributed by atoms with Crippen LogP contribution in [0.15, 0.2) is 18.2 Å². The second-order valence-corrected chi connectivity index (χ2v) is 4.34. The van der Waals surface area contributed by atoms with Crippen molar-refractivity contribution in [3.8, 4) is 0 Å². The number of amides is 1. The standard InChI is InChI=1S/C11H12ClFN2O/c1-15-3-2-10(11(15)16)14-9-5-7(12)4-8(13)6-9/h4-6,10,14H,2-3H2,1H3. The maximum absolute atomic E-state index is 13.1. The molecule has 1 fully saturated rings. The summed E-state index contributed by atoms with van der Waals surface area (Å²) in [5.41, 5.74) is 0.540. The summed E-state index contributed by atoms with van der Waals surface area (Å²) >= 11 is 5.73. The lowest BCUT2D eigenvalue weighted by Gasteiger charge is -2.13. The molecule has 1 aliphatic rings. The Balaban J connectivity index is 2.12. The van der Waals surface area contributed by atoms with Crippen molar-refractivity contribution in [2.45, 2.75) is 12.5 Å². The summed E-state index contributed by atoms with van der Waals surface area (Å²) < 4.78 is 13.1. The molecule has 1 heterocycles. The van der Waals surface area contributed by atoms with E-state index < -0.39 is 5.82 Å². The third-order valence-electron chi connectivity index (χ3n) is 2.63. The van der Waals surface area contributed by atoms with Gasteiger partial charge in [-0.3, -0.25) is 4.79 Å². The van der Waals surface area contributed by atoms with Crippen molar-refractivity contribution < 1.29 is 9.18 Å². The minimum absolute atomic E-state index is 0.0281. The van der Waals surface area contributed by atoms with Crippen LogP contribution in [0.3, 0.4) is 0 Å². The first-order chi connectivity index (χ1) is 7.56. The highest BCUT2D eigenvalue weighted by Crippen LogP contribution is 2.21. The van der Waals surface area contributed by atoms with Gasteiger partial charge >= 0.3 is 0 Å². The monoisotopic (exact) mass is 242 g/mol. The second kappa shape index (κ2) is 4.29. The number of carbonyl (C=O) groups excluding carboxylic acids is 1. The van der Waals surface area contributed by atoms with E-state index in [1.165, 1.54) is 12.1 Å². The number of likely N-dealkylation sites (N-methyl/N-ethyl adjacent to an activating group) is 1. The molecule has 2 rings (SSSR count). The molecule has 1 aliphatic heterocycles. The molecule has 1 aromatic rings. The number of nitrogens with zero attached hydrogens (tertiary/aromatic N) is 1. The van der Waals surface area contributed by atoms with Crippen molar-refractivity contribution >= 4 is 23.2 Å². The summed E-state index contributed by atoms with van der Waals surface area (Å²) in [5.74, 6) is -0.380. The van der Waals surface area contributed by atoms with E-state index in [9.17, 15) is 9.18 Å². The van der Waals surface area contributed by atoms with Crippen LogP contribution in [0, 0.1) is 5.82 Å². The number of anilines is 1. The van der Waals surface area contributed by atoms with Gasteiger partial charge in [-0.15, -0.1) is 0 Å². The quantitative estimate of drug-likeness (QED) is 0.862. The highest BCUT2D eigenvalue weighted by atomic mass is 35.5. The molecule has 1 unspecified atom stereocenters. The maximum atomic E-state index is 13.1. The van der Waals surface area contributed by atoms with E-state index in [-0.39, 0.29) is 11.9 Å². The van der Waals surface area contributed by atoms with Crippen LogP contribution in [0.5, 0.6) is 0 Å². The van der Waals surface area contributed by atoms with Crippen molar-refractivity contribution in [3.05, 3.63) is 29.0 Å². The zero-order valence-electron chi connectivity index (χ0n) is 8.84. The van der Waals surface area contributed by atoms with Crippen molar-refractivity contribution in [2.75, 3.05) is 18.9 Å². The molecule has 0 spiro atoms. The Morgan fingerprint density at radius 3 is 2.81 bits per heavy atom. The van der Waals surface area contributed by atoms with E-state index in [0.29, 0.717) is 10.7 Å². The van der Waals surface area contributed by atoms with Gasteiger partial charge in [0, 0.05) is 24.3 Å². The Labute approximate surface area is 98.2 Å². The number of likely N-dealkylation sites (tertiary alicyclic amines) is 1. The highest BCUT2D eigenvalue weighted by molar-refractivity contribution is 6.30. The number of halogens is 2. The lowest BCUT2D eigenvalue weighted by molar-refractivity contribution is -0.127. The Morgan fingerprint density at radius 1 is 1.50 bits per heavy atom. The molecule has 0 aromatic heterocycles. The van der Waals surface area contributed by atoms with E-state index in [1.54, 1.807) is 18.0 Å². The molecular formula is C11H12ClFN2O. The molecule has 0 saturated carbocycles. The molecule has 5 heteroatoms. The Bertz CT molecular complexity index is 404. The van der Waals surface area contributed by atoms with E-state index >= 15 is 0 Å². The zero-order chi connectivity index (χ0) is 11.7. The minimum atomic E-state index is -0.409. The third kappa shape index (κ3) is 2.27. The number of hydrogen-bond donors (Lipinski definition) is 1. The van der Waals surface area contributed by atoms with Crippen LogP contribution in [0.1, 0.15) is 6.42 Å². The number of benzene rings is 1. The van der Waals surface area contributed by atoms with Crippen LogP contribution in [0.2, 0.25) is 5.02 Å². The molecule has 3 nitrogen and oxygen atoms in total. The predicted molar refractivity (Wildman–Crippen MR) is 61.1 cm³/mol. The van der Waals surface area contributed by atoms with Gasteiger partial charge in [-0.05, 0) is 24.6 Å². The van der Waals surface area contributed by atoms with E-state index in [0.717, 1.165) is 13.0 Å². The van der Waals surface area contributed by atoms with Crippen molar-refractivity contribution in [3.63, 3.8) is 0 Å². The first kappa shape index (κ1) is 11.2. The largest absolute Gasteiger partial charge is 0.374 e. The molecule has 0 bridgehead atoms. The van der Waals surface area contributed by atoms with E-state index in [1.807, 2.05) is 0 Å². The number of nitrogens with one attached hydrogen (secondary N) is 1. The molecule has 16 heavy (non-hydrogen) atoms. The maximum Gasteiger partial charge on any atom is 0.244 e. The van der Waals surface area contributed by atoms with E-state index in [4.69, 9.17) is 11.6 Å². The van der Waals surface area contributed by atoms with Crippen LogP contribution < -0.4 is 5.32 Å². The van der Waals surface area contributed by atoms with Crippen LogP contribution in [0.4, 0.5) is 10.1 Å². The molecule has 1 aromatic carbocycles. The number of hydrogen-bond acceptors (Lipinski definition) is 2. The first-order valence-electron chi connectivity index (χ1n) is 5.04. The van der Waals surface area contributed by atoms with Crippen molar-refractivity contribution in [2.24, 2.45) is 0 Å². The zero-order valence-corrected chi connectivity index (χ0v) is 9.59. The molecule has 86 valence electrons. The van der Waals surface area contributed by atoms with Crippen LogP contribution in [-0.2, 0) is 4.79 Å². The summed E-state index contributed by atoms with van der Waals surface area (Å²) in [6, 6.07) is 3.89. The van der Waals surface area contributed by atoms with Crippen LogP contribution >= 0.6 is 11.6 Å². The molecule has 0 radical (unpaired) electrons. The van der Waals surface area contributed by atoms with Gasteiger partial charge in [-0.1, -0.05) is 11.6 Å². The van der Waals surface area contributed by atoms with E-state index in [2.05, 4.69) is 5.32 Å². The topological polar surface area (TPSA) is 32.3 Å². The molecule has 1 atom stereocenters. The molecule has 1 saturated heterocycles. The Hall–Kier alpha value is -1.29. The minimum Gasteiger partial charge on any atom is -0.374 e. The smallest absolute Gasteiger partial charge is 0.244 e. The molecule has 1 amide bonds. The fraction of sp³-hybridized carbons (Fsp3) is 0.364. The van der Waals surface area contributed by atoms with Gasteiger partial charge in [0.15, 0.2) is 0 Å². The molecule has 1 N–H and O–H groups in total. The first-order valence-corrected chi connectivity index (χ1v) is 5.41. The lowest BCUT2D eigenvalue weighted by Crippen LogP contribution is -2.30. The van der Waals surface area contributed by atoms with Gasteiger partial charge in [0.1, 0.15) is 11.9 Å². The Morgan fingerprint density at radius 2 is 2.25 bits per heavy atom. The van der Waals surface area contributed by atoms with Crippen molar-refractivity contribution in [1.82, 2.24) is 4.90 Å². The highest BCUT2D eigenvalue weighted by Gasteiger charge is 2.28. The molecular weight excluding hydrogens is 231 g/mol. The van der Waals surface area contributed by atoms with Crippen LogP contribution in [0.25, 0.3) is 0 Å². The number of carbonyl (C=O) groups is 1. The summed E-state index contributed by atoms with van der Waals surface area (Å²) in [5, 5.41) is 3.31. The van der Waals surface area contributed by atoms with Gasteiger partial charge in [-0.2, -0.15) is 0 Å². The summed E-state index contributed by atoms with van der Waals surface area (Å²) in [4.78, 5) is 13.3. The Kier molecular flexibility index (Phi) is 3.01. The SMILES string of the molecule is CN1CCC(Nc2cc(F)cc(Cl)c2)C1=O.